The van der Waals surface area contributed by atoms with Gasteiger partial charge in [-0.25, -0.2) is 9.97 Å². The second-order valence-corrected chi connectivity index (χ2v) is 9.49. The van der Waals surface area contributed by atoms with Crippen LogP contribution in [-0.2, 0) is 20.0 Å². The number of benzene rings is 1. The minimum Gasteiger partial charge on any atom is -0.335 e. The van der Waals surface area contributed by atoms with E-state index in [9.17, 15) is 10.1 Å². The molecule has 8 nitrogen and oxygen atoms in total. The number of rotatable bonds is 4. The minimum atomic E-state index is -0.273. The first-order valence-corrected chi connectivity index (χ1v) is 11.7. The summed E-state index contributed by atoms with van der Waals surface area (Å²) in [5.41, 5.74) is 6.56. The first kappa shape index (κ1) is 21.8. The van der Waals surface area contributed by atoms with Crippen LogP contribution in [0.1, 0.15) is 37.5 Å². The van der Waals surface area contributed by atoms with Crippen molar-refractivity contribution in [2.24, 2.45) is 7.05 Å². The molecule has 1 aliphatic rings. The fraction of sp³-hybridized carbons (Fsp3) is 0.240. The summed E-state index contributed by atoms with van der Waals surface area (Å²) < 4.78 is 1.57. The van der Waals surface area contributed by atoms with E-state index in [0.29, 0.717) is 41.6 Å². The number of carbonyl (C=O) groups is 1. The van der Waals surface area contributed by atoms with Gasteiger partial charge in [0.05, 0.1) is 23.9 Å². The van der Waals surface area contributed by atoms with Crippen LogP contribution in [0.25, 0.3) is 11.1 Å². The molecule has 0 aliphatic carbocycles. The molecule has 5 rings (SSSR count). The molecule has 1 aliphatic heterocycles. The number of carbonyl (C=O) groups excluding carboxylic acids is 1. The summed E-state index contributed by atoms with van der Waals surface area (Å²) in [4.78, 5) is 25.1. The van der Waals surface area contributed by atoms with E-state index < -0.39 is 0 Å². The number of aromatic nitrogens is 4. The van der Waals surface area contributed by atoms with Gasteiger partial charge in [-0.1, -0.05) is 18.2 Å². The molecule has 0 saturated carbocycles. The molecule has 0 unspecified atom stereocenters. The monoisotopic (exact) mass is 469 g/mol. The van der Waals surface area contributed by atoms with Crippen LogP contribution in [-0.4, -0.2) is 32.2 Å². The lowest BCUT2D eigenvalue weighted by molar-refractivity contribution is 0.102. The van der Waals surface area contributed by atoms with Gasteiger partial charge in [0, 0.05) is 42.6 Å². The second-order valence-electron chi connectivity index (χ2n) is 8.39. The highest BCUT2D eigenvalue weighted by atomic mass is 32.1. The molecular formula is C25H23N7OS. The van der Waals surface area contributed by atoms with Gasteiger partial charge in [0.15, 0.2) is 0 Å². The normalized spacial score (nSPS) is 12.8. The molecule has 0 bridgehead atoms. The van der Waals surface area contributed by atoms with Gasteiger partial charge in [-0.2, -0.15) is 10.4 Å². The van der Waals surface area contributed by atoms with Crippen molar-refractivity contribution in [3.63, 3.8) is 0 Å². The lowest BCUT2D eigenvalue weighted by atomic mass is 9.98. The summed E-state index contributed by atoms with van der Waals surface area (Å²) in [6, 6.07) is 8.52. The molecule has 0 radical (unpaired) electrons. The molecular weight excluding hydrogens is 446 g/mol. The van der Waals surface area contributed by atoms with Crippen LogP contribution >= 0.6 is 11.3 Å². The van der Waals surface area contributed by atoms with Crippen LogP contribution in [0.2, 0.25) is 0 Å². The molecule has 34 heavy (non-hydrogen) atoms. The van der Waals surface area contributed by atoms with Crippen LogP contribution in [0, 0.1) is 25.2 Å². The fourth-order valence-electron chi connectivity index (χ4n) is 4.38. The Labute approximate surface area is 201 Å². The summed E-state index contributed by atoms with van der Waals surface area (Å²) in [7, 11) is 1.76. The third kappa shape index (κ3) is 3.93. The number of amides is 1. The Hall–Kier alpha value is -4.03. The molecule has 1 amide bonds. The van der Waals surface area contributed by atoms with Gasteiger partial charge in [0.1, 0.15) is 11.1 Å². The Bertz CT molecular complexity index is 1410. The Balaban J connectivity index is 1.37. The smallest absolute Gasteiger partial charge is 0.259 e. The van der Waals surface area contributed by atoms with Gasteiger partial charge in [-0.3, -0.25) is 9.48 Å². The zero-order chi connectivity index (χ0) is 23.8. The molecule has 0 fully saturated rings. The van der Waals surface area contributed by atoms with E-state index in [1.165, 1.54) is 34.2 Å². The van der Waals surface area contributed by atoms with E-state index in [0.717, 1.165) is 16.0 Å². The van der Waals surface area contributed by atoms with Gasteiger partial charge in [-0.15, -0.1) is 11.3 Å². The molecule has 0 atom stereocenters. The Morgan fingerprint density at radius 1 is 1.18 bits per heavy atom. The van der Waals surface area contributed by atoms with Crippen molar-refractivity contribution in [3.8, 4) is 17.2 Å². The lowest BCUT2D eigenvalue weighted by Crippen LogP contribution is -2.31. The highest BCUT2D eigenvalue weighted by Crippen LogP contribution is 2.37. The van der Waals surface area contributed by atoms with Crippen molar-refractivity contribution < 1.29 is 4.79 Å². The van der Waals surface area contributed by atoms with Crippen molar-refractivity contribution in [2.45, 2.75) is 26.8 Å². The number of nitrogens with zero attached hydrogens (tertiary/aromatic N) is 6. The molecule has 1 N–H and O–H groups in total. The average molecular weight is 470 g/mol. The predicted octanol–water partition coefficient (Wildman–Crippen LogP) is 4.24. The summed E-state index contributed by atoms with van der Waals surface area (Å²) in [6.07, 6.45) is 7.61. The number of hydrogen-bond acceptors (Lipinski definition) is 7. The Morgan fingerprint density at radius 2 is 1.91 bits per heavy atom. The molecule has 4 heterocycles. The number of fused-ring (bicyclic) bond motifs is 1. The molecule has 4 aromatic rings. The van der Waals surface area contributed by atoms with Crippen molar-refractivity contribution in [3.05, 3.63) is 75.7 Å². The SMILES string of the molecule is Cc1cccc(C)c1-c1cnc(N2CCc3c(sc(NC(=O)c4cnn(C)c4)c3C#N)C2)nc1. The quantitative estimate of drug-likeness (QED) is 0.480. The summed E-state index contributed by atoms with van der Waals surface area (Å²) in [5, 5.41) is 17.3. The molecule has 0 spiro atoms. The largest absolute Gasteiger partial charge is 0.335 e. The van der Waals surface area contributed by atoms with Gasteiger partial charge < -0.3 is 10.2 Å². The van der Waals surface area contributed by atoms with Gasteiger partial charge in [-0.05, 0) is 42.5 Å². The third-order valence-corrected chi connectivity index (χ3v) is 7.19. The van der Waals surface area contributed by atoms with Gasteiger partial charge >= 0.3 is 0 Å². The maximum atomic E-state index is 12.6. The summed E-state index contributed by atoms with van der Waals surface area (Å²) >= 11 is 1.44. The summed E-state index contributed by atoms with van der Waals surface area (Å²) in [5.74, 6) is 0.388. The van der Waals surface area contributed by atoms with Gasteiger partial charge in [0.25, 0.3) is 5.91 Å². The van der Waals surface area contributed by atoms with Crippen molar-refractivity contribution >= 4 is 28.2 Å². The topological polar surface area (TPSA) is 99.7 Å². The molecule has 3 aromatic heterocycles. The maximum Gasteiger partial charge on any atom is 0.259 e. The van der Waals surface area contributed by atoms with E-state index in [2.05, 4.69) is 63.4 Å². The highest BCUT2D eigenvalue weighted by molar-refractivity contribution is 7.16. The van der Waals surface area contributed by atoms with Crippen molar-refractivity contribution in [1.29, 1.82) is 5.26 Å². The number of hydrogen-bond donors (Lipinski definition) is 1. The molecule has 170 valence electrons. The van der Waals surface area contributed by atoms with Crippen molar-refractivity contribution in [1.82, 2.24) is 19.7 Å². The zero-order valence-electron chi connectivity index (χ0n) is 19.2. The fourth-order valence-corrected chi connectivity index (χ4v) is 5.59. The first-order valence-electron chi connectivity index (χ1n) is 10.9. The minimum absolute atomic E-state index is 0.273. The molecule has 1 aromatic carbocycles. The van der Waals surface area contributed by atoms with Gasteiger partial charge in [0.2, 0.25) is 5.95 Å². The third-order valence-electron chi connectivity index (χ3n) is 6.05. The number of aryl methyl sites for hydroxylation is 3. The van der Waals surface area contributed by atoms with E-state index in [4.69, 9.17) is 0 Å². The Morgan fingerprint density at radius 3 is 2.56 bits per heavy atom. The van der Waals surface area contributed by atoms with E-state index in [-0.39, 0.29) is 5.91 Å². The van der Waals surface area contributed by atoms with E-state index >= 15 is 0 Å². The van der Waals surface area contributed by atoms with Crippen molar-refractivity contribution in [2.75, 3.05) is 16.8 Å². The zero-order valence-corrected chi connectivity index (χ0v) is 20.0. The molecule has 0 saturated heterocycles. The number of thiophene rings is 1. The van der Waals surface area contributed by atoms with E-state index in [1.54, 1.807) is 17.9 Å². The average Bonchev–Trinajstić information content (AvgIpc) is 3.41. The first-order chi connectivity index (χ1) is 16.4. The standard InChI is InChI=1S/C25H23N7OS/c1-15-5-4-6-16(2)22(15)17-10-27-25(28-11-17)32-8-7-19-20(9-26)24(34-21(19)14-32)30-23(33)18-12-29-31(3)13-18/h4-6,10-13H,7-8,14H2,1-3H3,(H,30,33). The number of nitriles is 1. The van der Waals surface area contributed by atoms with Crippen LogP contribution < -0.4 is 10.2 Å². The van der Waals surface area contributed by atoms with Crippen LogP contribution in [0.5, 0.6) is 0 Å². The summed E-state index contributed by atoms with van der Waals surface area (Å²) in [6.45, 7) is 5.49. The highest BCUT2D eigenvalue weighted by Gasteiger charge is 2.27. The molecule has 9 heteroatoms. The Kier molecular flexibility index (Phi) is 5.59. The second kappa shape index (κ2) is 8.72. The van der Waals surface area contributed by atoms with E-state index in [1.807, 2.05) is 12.4 Å². The number of nitrogens with one attached hydrogen (secondary N) is 1. The lowest BCUT2D eigenvalue weighted by Gasteiger charge is -2.27. The number of anilines is 2. The van der Waals surface area contributed by atoms with Crippen LogP contribution in [0.15, 0.2) is 43.0 Å². The predicted molar refractivity (Wildman–Crippen MR) is 132 cm³/mol. The van der Waals surface area contributed by atoms with Crippen LogP contribution in [0.4, 0.5) is 10.9 Å². The van der Waals surface area contributed by atoms with Crippen LogP contribution in [0.3, 0.4) is 0 Å². The maximum absolute atomic E-state index is 12.6.